The Morgan fingerprint density at radius 1 is 1.38 bits per heavy atom. The number of rotatable bonds is 4. The molecule has 0 amide bonds. The van der Waals surface area contributed by atoms with Crippen molar-refractivity contribution in [3.05, 3.63) is 44.8 Å². The van der Waals surface area contributed by atoms with Crippen molar-refractivity contribution in [1.82, 2.24) is 9.55 Å². The van der Waals surface area contributed by atoms with Gasteiger partial charge in [-0.25, -0.2) is 9.59 Å². The Morgan fingerprint density at radius 2 is 2.14 bits per heavy atom. The average Bonchev–Trinajstić information content (AvgIpc) is 2.89. The van der Waals surface area contributed by atoms with Gasteiger partial charge in [-0.3, -0.25) is 14.3 Å². The van der Waals surface area contributed by atoms with Gasteiger partial charge in [-0.1, -0.05) is 6.08 Å². The van der Waals surface area contributed by atoms with Crippen molar-refractivity contribution in [3.8, 4) is 0 Å². The fourth-order valence-electron chi connectivity index (χ4n) is 1.83. The summed E-state index contributed by atoms with van der Waals surface area (Å²) in [6.45, 7) is 3.49. The lowest BCUT2D eigenvalue weighted by atomic mass is 10.3. The number of hydrogen-bond donors (Lipinski definition) is 1. The van der Waals surface area contributed by atoms with Gasteiger partial charge in [0.2, 0.25) is 0 Å². The Labute approximate surface area is 119 Å². The first kappa shape index (κ1) is 15.0. The van der Waals surface area contributed by atoms with Gasteiger partial charge in [0.1, 0.15) is 12.7 Å². The monoisotopic (exact) mass is 296 g/mol. The van der Waals surface area contributed by atoms with Crippen LogP contribution in [-0.2, 0) is 14.2 Å². The minimum absolute atomic E-state index is 0.0110. The summed E-state index contributed by atoms with van der Waals surface area (Å²) < 4.78 is 16.3. The van der Waals surface area contributed by atoms with Crippen molar-refractivity contribution < 1.29 is 19.0 Å². The first-order valence-corrected chi connectivity index (χ1v) is 6.46. The first-order chi connectivity index (χ1) is 10.0. The van der Waals surface area contributed by atoms with Crippen LogP contribution in [-0.4, -0.2) is 35.0 Å². The van der Waals surface area contributed by atoms with E-state index >= 15 is 0 Å². The Balaban J connectivity index is 1.99. The molecule has 8 heteroatoms. The maximum Gasteiger partial charge on any atom is 0.508 e. The quantitative estimate of drug-likeness (QED) is 0.640. The number of carbonyl (C=O) groups is 1. The van der Waals surface area contributed by atoms with E-state index in [-0.39, 0.29) is 13.2 Å². The molecule has 21 heavy (non-hydrogen) atoms. The van der Waals surface area contributed by atoms with Crippen LogP contribution in [0.4, 0.5) is 4.79 Å². The van der Waals surface area contributed by atoms with Crippen molar-refractivity contribution in [2.24, 2.45) is 0 Å². The molecule has 0 spiro atoms. The number of carbonyl (C=O) groups excluding carboxylic acids is 1. The summed E-state index contributed by atoms with van der Waals surface area (Å²) in [5.74, 6) is 0. The van der Waals surface area contributed by atoms with Gasteiger partial charge in [0.05, 0.1) is 6.61 Å². The van der Waals surface area contributed by atoms with Gasteiger partial charge >= 0.3 is 11.8 Å². The summed E-state index contributed by atoms with van der Waals surface area (Å²) in [6, 6.07) is 0. The number of nitrogens with one attached hydrogen (secondary N) is 1. The van der Waals surface area contributed by atoms with Crippen LogP contribution < -0.4 is 11.2 Å². The van der Waals surface area contributed by atoms with Gasteiger partial charge in [-0.15, -0.1) is 0 Å². The molecule has 2 heterocycles. The Morgan fingerprint density at radius 3 is 2.86 bits per heavy atom. The van der Waals surface area contributed by atoms with Gasteiger partial charge in [-0.2, -0.15) is 0 Å². The molecule has 0 unspecified atom stereocenters. The minimum Gasteiger partial charge on any atom is -0.435 e. The van der Waals surface area contributed by atoms with E-state index in [9.17, 15) is 14.4 Å². The number of aromatic amines is 1. The molecule has 1 aliphatic heterocycles. The molecule has 0 saturated carbocycles. The van der Waals surface area contributed by atoms with Crippen molar-refractivity contribution in [1.29, 1.82) is 0 Å². The second-order valence-electron chi connectivity index (χ2n) is 4.42. The molecule has 2 rings (SSSR count). The van der Waals surface area contributed by atoms with E-state index in [2.05, 4.69) is 9.72 Å². The molecular formula is C13H16N2O6. The highest BCUT2D eigenvalue weighted by atomic mass is 16.7. The zero-order chi connectivity index (χ0) is 15.4. The van der Waals surface area contributed by atoms with Crippen LogP contribution in [0.1, 0.15) is 18.7 Å². The second kappa shape index (κ2) is 6.40. The zero-order valence-electron chi connectivity index (χ0n) is 11.7. The summed E-state index contributed by atoms with van der Waals surface area (Å²) in [5.41, 5.74) is -0.592. The van der Waals surface area contributed by atoms with Crippen molar-refractivity contribution in [3.63, 3.8) is 0 Å². The van der Waals surface area contributed by atoms with E-state index in [0.717, 1.165) is 0 Å². The lowest BCUT2D eigenvalue weighted by Crippen LogP contribution is -2.33. The van der Waals surface area contributed by atoms with Gasteiger partial charge in [0.15, 0.2) is 6.23 Å². The van der Waals surface area contributed by atoms with Crippen LogP contribution in [0.15, 0.2) is 27.9 Å². The van der Waals surface area contributed by atoms with Crippen LogP contribution in [0, 0.1) is 6.92 Å². The molecule has 1 aliphatic rings. The predicted molar refractivity (Wildman–Crippen MR) is 72.1 cm³/mol. The predicted octanol–water partition coefficient (Wildman–Crippen LogP) is 0.472. The zero-order valence-corrected chi connectivity index (χ0v) is 11.7. The number of nitrogens with zero attached hydrogens (tertiary/aromatic N) is 1. The van der Waals surface area contributed by atoms with Gasteiger partial charge < -0.3 is 14.2 Å². The number of H-pyrrole nitrogens is 1. The van der Waals surface area contributed by atoms with Crippen LogP contribution in [0.5, 0.6) is 0 Å². The van der Waals surface area contributed by atoms with Gasteiger partial charge in [-0.05, 0) is 19.9 Å². The van der Waals surface area contributed by atoms with E-state index in [1.807, 2.05) is 0 Å². The maximum absolute atomic E-state index is 11.7. The molecule has 0 radical (unpaired) electrons. The van der Waals surface area contributed by atoms with Crippen molar-refractivity contribution in [2.45, 2.75) is 26.2 Å². The SMILES string of the molecule is CCOC(=O)OC[C@@H]1C=C[C@H](n2cc(C)c(=O)[nH]c2=O)O1. The molecule has 0 bridgehead atoms. The number of hydrogen-bond acceptors (Lipinski definition) is 6. The highest BCUT2D eigenvalue weighted by molar-refractivity contribution is 5.59. The molecule has 0 aliphatic carbocycles. The van der Waals surface area contributed by atoms with Crippen molar-refractivity contribution in [2.75, 3.05) is 13.2 Å². The lowest BCUT2D eigenvalue weighted by molar-refractivity contribution is -0.0281. The third-order valence-electron chi connectivity index (χ3n) is 2.85. The molecule has 114 valence electrons. The average molecular weight is 296 g/mol. The Kier molecular flexibility index (Phi) is 4.59. The Hall–Kier alpha value is -2.35. The molecule has 8 nitrogen and oxygen atoms in total. The van der Waals surface area contributed by atoms with E-state index in [4.69, 9.17) is 9.47 Å². The standard InChI is InChI=1S/C13H16N2O6/c1-3-19-13(18)20-7-9-4-5-10(21-9)15-6-8(2)11(16)14-12(15)17/h4-6,9-10H,3,7H2,1-2H3,(H,14,16,17)/t9-,10+/m0/s1. The number of ether oxygens (including phenoxy) is 3. The third-order valence-corrected chi connectivity index (χ3v) is 2.85. The molecule has 1 aromatic rings. The summed E-state index contributed by atoms with van der Waals surface area (Å²) in [7, 11) is 0. The molecule has 0 saturated heterocycles. The second-order valence-corrected chi connectivity index (χ2v) is 4.42. The Bertz CT molecular complexity index is 659. The largest absolute Gasteiger partial charge is 0.508 e. The minimum atomic E-state index is -0.769. The summed E-state index contributed by atoms with van der Waals surface area (Å²) in [5, 5.41) is 0. The highest BCUT2D eigenvalue weighted by Gasteiger charge is 2.23. The topological polar surface area (TPSA) is 99.6 Å². The van der Waals surface area contributed by atoms with E-state index in [0.29, 0.717) is 5.56 Å². The maximum atomic E-state index is 11.7. The smallest absolute Gasteiger partial charge is 0.435 e. The first-order valence-electron chi connectivity index (χ1n) is 6.46. The van der Waals surface area contributed by atoms with E-state index < -0.39 is 29.7 Å². The normalized spacial score (nSPS) is 20.5. The third kappa shape index (κ3) is 3.60. The number of aryl methyl sites for hydroxylation is 1. The molecule has 0 fully saturated rings. The molecule has 0 aromatic carbocycles. The van der Waals surface area contributed by atoms with Gasteiger partial charge in [0.25, 0.3) is 5.56 Å². The molecular weight excluding hydrogens is 280 g/mol. The fourth-order valence-corrected chi connectivity index (χ4v) is 1.83. The van der Waals surface area contributed by atoms with Crippen molar-refractivity contribution >= 4 is 6.16 Å². The summed E-state index contributed by atoms with van der Waals surface area (Å²) in [6.07, 6.45) is 2.86. The molecule has 1 aromatic heterocycles. The number of aromatic nitrogens is 2. The highest BCUT2D eigenvalue weighted by Crippen LogP contribution is 2.19. The van der Waals surface area contributed by atoms with Crippen LogP contribution in [0.25, 0.3) is 0 Å². The van der Waals surface area contributed by atoms with Crippen LogP contribution in [0.3, 0.4) is 0 Å². The summed E-state index contributed by atoms with van der Waals surface area (Å²) >= 11 is 0. The van der Waals surface area contributed by atoms with Crippen LogP contribution >= 0.6 is 0 Å². The fraction of sp³-hybridized carbons (Fsp3) is 0.462. The lowest BCUT2D eigenvalue weighted by Gasteiger charge is -2.16. The molecule has 1 N–H and O–H groups in total. The van der Waals surface area contributed by atoms with E-state index in [1.54, 1.807) is 26.0 Å². The van der Waals surface area contributed by atoms with Crippen LogP contribution in [0.2, 0.25) is 0 Å². The molecule has 2 atom stereocenters. The van der Waals surface area contributed by atoms with E-state index in [1.165, 1.54) is 10.8 Å². The summed E-state index contributed by atoms with van der Waals surface area (Å²) in [4.78, 5) is 36.3. The van der Waals surface area contributed by atoms with Gasteiger partial charge in [0, 0.05) is 11.8 Å².